The summed E-state index contributed by atoms with van der Waals surface area (Å²) in [6, 6.07) is -0.0994. The molecule has 3 atom stereocenters. The number of hydrogen-bond acceptors (Lipinski definition) is 3. The van der Waals surface area contributed by atoms with Gasteiger partial charge in [0.2, 0.25) is 0 Å². The first kappa shape index (κ1) is 15.8. The second-order valence-corrected chi connectivity index (χ2v) is 5.22. The van der Waals surface area contributed by atoms with Crippen molar-refractivity contribution in [1.29, 1.82) is 0 Å². The van der Waals surface area contributed by atoms with Crippen LogP contribution in [0.25, 0.3) is 0 Å². The van der Waals surface area contributed by atoms with E-state index in [1.165, 1.54) is 0 Å². The molecule has 1 rings (SSSR count). The summed E-state index contributed by atoms with van der Waals surface area (Å²) in [6.07, 6.45) is 0.0339. The average molecular weight is 272 g/mol. The normalized spacial score (nSPS) is 24.9. The lowest BCUT2D eigenvalue weighted by atomic mass is 10.1. The second kappa shape index (κ2) is 6.75. The second-order valence-electron chi connectivity index (χ2n) is 5.22. The number of carbonyl (C=O) groups is 2. The fourth-order valence-corrected chi connectivity index (χ4v) is 2.29. The van der Waals surface area contributed by atoms with Crippen LogP contribution in [0.15, 0.2) is 0 Å². The van der Waals surface area contributed by atoms with Crippen LogP contribution in [0.4, 0.5) is 4.79 Å². The number of urea groups is 1. The van der Waals surface area contributed by atoms with Gasteiger partial charge < -0.3 is 19.6 Å². The zero-order valence-corrected chi connectivity index (χ0v) is 12.1. The standard InChI is InChI=1S/C13H24N2O4/c1-5-14(6-9(2)12(16)17)13(18)15-7-10(3)19-11(4)8-15/h9-11H,5-8H2,1-4H3,(H,16,17)/t9?,10-,11+. The first-order valence-electron chi connectivity index (χ1n) is 6.77. The van der Waals surface area contributed by atoms with E-state index in [2.05, 4.69) is 0 Å². The highest BCUT2D eigenvalue weighted by molar-refractivity contribution is 5.76. The smallest absolute Gasteiger partial charge is 0.320 e. The van der Waals surface area contributed by atoms with Gasteiger partial charge in [-0.3, -0.25) is 4.79 Å². The lowest BCUT2D eigenvalue weighted by Crippen LogP contribution is -2.53. The van der Waals surface area contributed by atoms with Crippen LogP contribution in [0.3, 0.4) is 0 Å². The fourth-order valence-electron chi connectivity index (χ4n) is 2.29. The molecule has 0 radical (unpaired) electrons. The summed E-state index contributed by atoms with van der Waals surface area (Å²) in [6.45, 7) is 9.21. The van der Waals surface area contributed by atoms with Gasteiger partial charge in [-0.05, 0) is 20.8 Å². The van der Waals surface area contributed by atoms with E-state index in [4.69, 9.17) is 9.84 Å². The minimum Gasteiger partial charge on any atom is -0.481 e. The van der Waals surface area contributed by atoms with Gasteiger partial charge in [-0.25, -0.2) is 4.79 Å². The average Bonchev–Trinajstić information content (AvgIpc) is 2.33. The number of hydrogen-bond donors (Lipinski definition) is 1. The Labute approximate surface area is 114 Å². The predicted molar refractivity (Wildman–Crippen MR) is 71.0 cm³/mol. The highest BCUT2D eigenvalue weighted by Gasteiger charge is 2.29. The molecular weight excluding hydrogens is 248 g/mol. The third kappa shape index (κ3) is 4.38. The van der Waals surface area contributed by atoms with Crippen LogP contribution in [0, 0.1) is 5.92 Å². The summed E-state index contributed by atoms with van der Waals surface area (Å²) in [5.74, 6) is -1.44. The van der Waals surface area contributed by atoms with Crippen LogP contribution < -0.4 is 0 Å². The maximum Gasteiger partial charge on any atom is 0.320 e. The summed E-state index contributed by atoms with van der Waals surface area (Å²) in [5, 5.41) is 8.93. The van der Waals surface area contributed by atoms with E-state index in [9.17, 15) is 9.59 Å². The number of aliphatic carboxylic acids is 1. The molecule has 19 heavy (non-hydrogen) atoms. The molecule has 1 aliphatic heterocycles. The topological polar surface area (TPSA) is 70.1 Å². The van der Waals surface area contributed by atoms with Gasteiger partial charge in [0, 0.05) is 26.2 Å². The van der Waals surface area contributed by atoms with Crippen molar-refractivity contribution in [1.82, 2.24) is 9.80 Å². The van der Waals surface area contributed by atoms with Crippen molar-refractivity contribution in [2.75, 3.05) is 26.2 Å². The number of carbonyl (C=O) groups excluding carboxylic acids is 1. The van der Waals surface area contributed by atoms with Gasteiger partial charge in [0.1, 0.15) is 0 Å². The van der Waals surface area contributed by atoms with E-state index >= 15 is 0 Å². The SMILES string of the molecule is CCN(CC(C)C(=O)O)C(=O)N1C[C@@H](C)O[C@@H](C)C1. The Hall–Kier alpha value is -1.30. The minimum atomic E-state index is -0.880. The number of amides is 2. The van der Waals surface area contributed by atoms with Gasteiger partial charge in [0.05, 0.1) is 18.1 Å². The molecule has 0 saturated carbocycles. The highest BCUT2D eigenvalue weighted by Crippen LogP contribution is 2.13. The molecule has 0 aromatic rings. The lowest BCUT2D eigenvalue weighted by molar-refractivity contribution is -0.141. The zero-order chi connectivity index (χ0) is 14.6. The van der Waals surface area contributed by atoms with Crippen molar-refractivity contribution in [2.45, 2.75) is 39.9 Å². The number of carboxylic acid groups (broad SMARTS) is 1. The quantitative estimate of drug-likeness (QED) is 0.836. The molecular formula is C13H24N2O4. The monoisotopic (exact) mass is 272 g/mol. The van der Waals surface area contributed by atoms with Crippen molar-refractivity contribution >= 4 is 12.0 Å². The molecule has 2 amide bonds. The van der Waals surface area contributed by atoms with Gasteiger partial charge in [-0.15, -0.1) is 0 Å². The Balaban J connectivity index is 2.64. The summed E-state index contributed by atoms with van der Waals surface area (Å²) < 4.78 is 5.59. The molecule has 1 heterocycles. The number of carboxylic acids is 1. The van der Waals surface area contributed by atoms with Gasteiger partial charge in [0.25, 0.3) is 0 Å². The zero-order valence-electron chi connectivity index (χ0n) is 12.1. The largest absolute Gasteiger partial charge is 0.481 e. The van der Waals surface area contributed by atoms with Crippen LogP contribution in [0.5, 0.6) is 0 Å². The van der Waals surface area contributed by atoms with Crippen molar-refractivity contribution in [3.05, 3.63) is 0 Å². The van der Waals surface area contributed by atoms with E-state index in [-0.39, 0.29) is 24.8 Å². The van der Waals surface area contributed by atoms with Crippen molar-refractivity contribution in [2.24, 2.45) is 5.92 Å². The van der Waals surface area contributed by atoms with Gasteiger partial charge in [-0.2, -0.15) is 0 Å². The molecule has 0 spiro atoms. The highest BCUT2D eigenvalue weighted by atomic mass is 16.5. The maximum atomic E-state index is 12.4. The predicted octanol–water partition coefficient (Wildman–Crippen LogP) is 1.26. The molecule has 0 aliphatic carbocycles. The number of nitrogens with zero attached hydrogens (tertiary/aromatic N) is 2. The van der Waals surface area contributed by atoms with Crippen LogP contribution in [-0.2, 0) is 9.53 Å². The molecule has 0 aromatic heterocycles. The molecule has 6 nitrogen and oxygen atoms in total. The molecule has 1 saturated heterocycles. The molecule has 1 unspecified atom stereocenters. The lowest BCUT2D eigenvalue weighted by Gasteiger charge is -2.38. The summed E-state index contributed by atoms with van der Waals surface area (Å²) in [7, 11) is 0. The Kier molecular flexibility index (Phi) is 5.60. The van der Waals surface area contributed by atoms with E-state index < -0.39 is 11.9 Å². The van der Waals surface area contributed by atoms with E-state index in [0.29, 0.717) is 19.6 Å². The van der Waals surface area contributed by atoms with E-state index in [0.717, 1.165) is 0 Å². The molecule has 1 aliphatic rings. The van der Waals surface area contributed by atoms with Gasteiger partial charge in [0.15, 0.2) is 0 Å². The fraction of sp³-hybridized carbons (Fsp3) is 0.846. The third-order valence-corrected chi connectivity index (χ3v) is 3.26. The summed E-state index contributed by atoms with van der Waals surface area (Å²) >= 11 is 0. The molecule has 1 N–H and O–H groups in total. The number of rotatable bonds is 4. The maximum absolute atomic E-state index is 12.4. The summed E-state index contributed by atoms with van der Waals surface area (Å²) in [5.41, 5.74) is 0. The Morgan fingerprint density at radius 1 is 1.37 bits per heavy atom. The first-order valence-corrected chi connectivity index (χ1v) is 6.77. The Morgan fingerprint density at radius 3 is 2.32 bits per heavy atom. The van der Waals surface area contributed by atoms with Gasteiger partial charge in [-0.1, -0.05) is 6.92 Å². The molecule has 1 fully saturated rings. The Bertz CT molecular complexity index is 325. The van der Waals surface area contributed by atoms with Gasteiger partial charge >= 0.3 is 12.0 Å². The first-order chi connectivity index (χ1) is 8.85. The van der Waals surface area contributed by atoms with Crippen LogP contribution in [-0.4, -0.2) is 65.3 Å². The Morgan fingerprint density at radius 2 is 1.89 bits per heavy atom. The number of ether oxygens (including phenoxy) is 1. The minimum absolute atomic E-state index is 0.0169. The van der Waals surface area contributed by atoms with Crippen LogP contribution in [0.2, 0.25) is 0 Å². The van der Waals surface area contributed by atoms with Crippen molar-refractivity contribution in [3.8, 4) is 0 Å². The third-order valence-electron chi connectivity index (χ3n) is 3.26. The van der Waals surface area contributed by atoms with Crippen LogP contribution >= 0.6 is 0 Å². The molecule has 0 aromatic carbocycles. The molecule has 6 heteroatoms. The van der Waals surface area contributed by atoms with Crippen molar-refractivity contribution in [3.63, 3.8) is 0 Å². The molecule has 110 valence electrons. The molecule has 0 bridgehead atoms. The van der Waals surface area contributed by atoms with Crippen molar-refractivity contribution < 1.29 is 19.4 Å². The van der Waals surface area contributed by atoms with Crippen LogP contribution in [0.1, 0.15) is 27.7 Å². The number of morpholine rings is 1. The van der Waals surface area contributed by atoms with E-state index in [1.807, 2.05) is 20.8 Å². The summed E-state index contributed by atoms with van der Waals surface area (Å²) in [4.78, 5) is 26.6. The van der Waals surface area contributed by atoms with E-state index in [1.54, 1.807) is 16.7 Å².